The van der Waals surface area contributed by atoms with Gasteiger partial charge in [-0.15, -0.1) is 0 Å². The first-order valence-electron chi connectivity index (χ1n) is 5.96. The lowest BCUT2D eigenvalue weighted by molar-refractivity contribution is -0.112. The maximum atomic E-state index is 13.4. The number of anilines is 1. The fraction of sp³-hybridized carbons (Fsp3) is 0.154. The Balaban J connectivity index is 1.92. The molecule has 0 aliphatic rings. The molecular weight excluding hydrogens is 352 g/mol. The molecule has 0 spiro atoms. The largest absolute Gasteiger partial charge is 0.467 e. The Labute approximate surface area is 140 Å². The average molecular weight is 362 g/mol. The Morgan fingerprint density at radius 3 is 2.68 bits per heavy atom. The van der Waals surface area contributed by atoms with Crippen molar-refractivity contribution in [2.45, 2.75) is 5.75 Å². The first kappa shape index (κ1) is 16.8. The quantitative estimate of drug-likeness (QED) is 0.822. The number of nitrogens with zero attached hydrogens (tertiary/aromatic N) is 2. The lowest BCUT2D eigenvalue weighted by Crippen LogP contribution is -2.10. The van der Waals surface area contributed by atoms with Crippen molar-refractivity contribution in [2.75, 3.05) is 12.3 Å². The second kappa shape index (κ2) is 7.62. The summed E-state index contributed by atoms with van der Waals surface area (Å²) in [6, 6.07) is 3.60. The number of thioether (sulfide) groups is 1. The van der Waals surface area contributed by atoms with Crippen molar-refractivity contribution < 1.29 is 13.9 Å². The van der Waals surface area contributed by atoms with Gasteiger partial charge < -0.3 is 10.5 Å². The van der Waals surface area contributed by atoms with Gasteiger partial charge in [-0.3, -0.25) is 9.78 Å². The van der Waals surface area contributed by atoms with Gasteiger partial charge in [-0.25, -0.2) is 0 Å². The third-order valence-corrected chi connectivity index (χ3v) is 4.16. The van der Waals surface area contributed by atoms with E-state index < -0.39 is 5.95 Å². The summed E-state index contributed by atoms with van der Waals surface area (Å²) in [6.07, 6.45) is 3.28. The van der Waals surface area contributed by atoms with Crippen LogP contribution in [0.25, 0.3) is 0 Å². The first-order valence-corrected chi connectivity index (χ1v) is 7.70. The molecule has 0 aromatic carbocycles. The molecule has 2 aromatic rings. The van der Waals surface area contributed by atoms with Crippen LogP contribution < -0.4 is 10.5 Å². The minimum atomic E-state index is -1.00. The van der Waals surface area contributed by atoms with E-state index >= 15 is 0 Å². The number of ether oxygens (including phenoxy) is 1. The van der Waals surface area contributed by atoms with Crippen LogP contribution in [0.4, 0.5) is 10.1 Å². The lowest BCUT2D eigenvalue weighted by atomic mass is 10.3. The molecule has 0 bridgehead atoms. The molecule has 116 valence electrons. The number of carbonyl (C=O) groups excluding carboxylic acids is 1. The fourth-order valence-electron chi connectivity index (χ4n) is 1.42. The van der Waals surface area contributed by atoms with E-state index in [0.717, 1.165) is 17.3 Å². The summed E-state index contributed by atoms with van der Waals surface area (Å²) in [5.41, 5.74) is 6.28. The third-order valence-electron chi connectivity index (χ3n) is 2.52. The summed E-state index contributed by atoms with van der Waals surface area (Å²) in [4.78, 5) is 19.0. The third kappa shape index (κ3) is 4.22. The Kier molecular flexibility index (Phi) is 5.82. The number of carbonyl (C=O) groups is 1. The van der Waals surface area contributed by atoms with Gasteiger partial charge >= 0.3 is 0 Å². The van der Waals surface area contributed by atoms with Gasteiger partial charge in [0.05, 0.1) is 5.69 Å². The van der Waals surface area contributed by atoms with Gasteiger partial charge in [0.1, 0.15) is 10.0 Å². The number of nitrogen functional groups attached to an aromatic ring is 1. The molecular formula is C13H10Cl2FN3O2S. The molecule has 0 saturated heterocycles. The van der Waals surface area contributed by atoms with Crippen LogP contribution in [0, 0.1) is 5.95 Å². The molecule has 5 nitrogen and oxygen atoms in total. The molecule has 0 atom stereocenters. The van der Waals surface area contributed by atoms with E-state index in [1.165, 1.54) is 0 Å². The van der Waals surface area contributed by atoms with Gasteiger partial charge in [-0.2, -0.15) is 9.37 Å². The molecule has 0 amide bonds. The zero-order valence-corrected chi connectivity index (χ0v) is 13.4. The molecule has 0 radical (unpaired) electrons. The normalized spacial score (nSPS) is 10.5. The Morgan fingerprint density at radius 1 is 1.32 bits per heavy atom. The molecule has 2 N–H and O–H groups in total. The van der Waals surface area contributed by atoms with Gasteiger partial charge in [0.25, 0.3) is 0 Å². The molecule has 2 rings (SSSR count). The van der Waals surface area contributed by atoms with Gasteiger partial charge in [0.2, 0.25) is 16.9 Å². The van der Waals surface area contributed by atoms with E-state index in [9.17, 15) is 9.18 Å². The summed E-state index contributed by atoms with van der Waals surface area (Å²) in [7, 11) is 0. The van der Waals surface area contributed by atoms with E-state index in [1.807, 2.05) is 0 Å². The van der Waals surface area contributed by atoms with E-state index in [0.29, 0.717) is 5.75 Å². The molecule has 0 fully saturated rings. The standard InChI is InChI=1S/C13H10Cl2FN3O2S/c14-9-11(17)10(15)13(19-12(9)16)21-5-8(20)22-6-7-1-3-18-4-2-7/h1-4H,5-6H2,(H2,17,19). The zero-order chi connectivity index (χ0) is 16.1. The first-order chi connectivity index (χ1) is 10.5. The molecule has 9 heteroatoms. The molecule has 2 heterocycles. The summed E-state index contributed by atoms with van der Waals surface area (Å²) in [5.74, 6) is -0.794. The highest BCUT2D eigenvalue weighted by molar-refractivity contribution is 8.13. The molecule has 0 aliphatic carbocycles. The van der Waals surface area contributed by atoms with Gasteiger partial charge in [0.15, 0.2) is 6.61 Å². The highest BCUT2D eigenvalue weighted by Crippen LogP contribution is 2.35. The maximum absolute atomic E-state index is 13.4. The van der Waals surface area contributed by atoms with Crippen molar-refractivity contribution >= 4 is 45.8 Å². The smallest absolute Gasteiger partial charge is 0.238 e. The fourth-order valence-corrected chi connectivity index (χ4v) is 2.46. The van der Waals surface area contributed by atoms with Crippen LogP contribution in [0.2, 0.25) is 10.0 Å². The maximum Gasteiger partial charge on any atom is 0.238 e. The summed E-state index contributed by atoms with van der Waals surface area (Å²) in [5, 5.41) is -0.766. The summed E-state index contributed by atoms with van der Waals surface area (Å²) in [6.45, 7) is -0.316. The molecule has 0 saturated carbocycles. The minimum absolute atomic E-state index is 0.127. The number of rotatable bonds is 5. The lowest BCUT2D eigenvalue weighted by Gasteiger charge is -2.09. The highest BCUT2D eigenvalue weighted by atomic mass is 35.5. The molecule has 2 aromatic heterocycles. The SMILES string of the molecule is Nc1c(Cl)c(F)nc(OCC(=O)SCc2ccncc2)c1Cl. The van der Waals surface area contributed by atoms with Gasteiger partial charge in [0, 0.05) is 18.1 Å². The van der Waals surface area contributed by atoms with Gasteiger partial charge in [-0.1, -0.05) is 35.0 Å². The van der Waals surface area contributed by atoms with E-state index in [-0.39, 0.29) is 33.3 Å². The van der Waals surface area contributed by atoms with Crippen molar-refractivity contribution in [3.63, 3.8) is 0 Å². The number of aromatic nitrogens is 2. The Bertz CT molecular complexity index is 689. The van der Waals surface area contributed by atoms with E-state index in [4.69, 9.17) is 33.7 Å². The van der Waals surface area contributed by atoms with Crippen molar-refractivity contribution in [1.29, 1.82) is 0 Å². The number of hydrogen-bond donors (Lipinski definition) is 1. The van der Waals surface area contributed by atoms with Crippen LogP contribution in [0.3, 0.4) is 0 Å². The van der Waals surface area contributed by atoms with Crippen LogP contribution in [0.5, 0.6) is 5.88 Å². The number of halogens is 3. The predicted octanol–water partition coefficient (Wildman–Crippen LogP) is 3.34. The van der Waals surface area contributed by atoms with Crippen molar-refractivity contribution in [3.8, 4) is 5.88 Å². The summed E-state index contributed by atoms with van der Waals surface area (Å²) >= 11 is 12.4. The van der Waals surface area contributed by atoms with Crippen LogP contribution in [0.15, 0.2) is 24.5 Å². The van der Waals surface area contributed by atoms with E-state index in [2.05, 4.69) is 9.97 Å². The van der Waals surface area contributed by atoms with Crippen molar-refractivity contribution in [2.24, 2.45) is 0 Å². The minimum Gasteiger partial charge on any atom is -0.467 e. The second-order valence-electron chi connectivity index (χ2n) is 4.05. The predicted molar refractivity (Wildman–Crippen MR) is 84.7 cm³/mol. The monoisotopic (exact) mass is 361 g/mol. The van der Waals surface area contributed by atoms with E-state index in [1.54, 1.807) is 24.5 Å². The Hall–Kier alpha value is -1.57. The van der Waals surface area contributed by atoms with Crippen LogP contribution >= 0.6 is 35.0 Å². The van der Waals surface area contributed by atoms with Crippen molar-refractivity contribution in [3.05, 3.63) is 46.1 Å². The molecule has 22 heavy (non-hydrogen) atoms. The van der Waals surface area contributed by atoms with Crippen LogP contribution in [-0.2, 0) is 10.5 Å². The number of pyridine rings is 2. The van der Waals surface area contributed by atoms with Gasteiger partial charge in [-0.05, 0) is 17.7 Å². The second-order valence-corrected chi connectivity index (χ2v) is 5.84. The van der Waals surface area contributed by atoms with Crippen LogP contribution in [0.1, 0.15) is 5.56 Å². The number of nitrogens with two attached hydrogens (primary N) is 1. The Morgan fingerprint density at radius 2 is 2.00 bits per heavy atom. The number of hydrogen-bond acceptors (Lipinski definition) is 6. The molecule has 0 aliphatic heterocycles. The van der Waals surface area contributed by atoms with Crippen LogP contribution in [-0.4, -0.2) is 21.7 Å². The van der Waals surface area contributed by atoms with Crippen molar-refractivity contribution in [1.82, 2.24) is 9.97 Å². The highest BCUT2D eigenvalue weighted by Gasteiger charge is 2.17. The topological polar surface area (TPSA) is 78.1 Å². The molecule has 0 unspecified atom stereocenters. The zero-order valence-electron chi connectivity index (χ0n) is 11.1. The summed E-state index contributed by atoms with van der Waals surface area (Å²) < 4.78 is 18.5. The average Bonchev–Trinajstić information content (AvgIpc) is 2.54.